The minimum absolute atomic E-state index is 0.0507. The molecule has 2 nitrogen and oxygen atoms in total. The second-order valence-electron chi connectivity index (χ2n) is 2.67. The summed E-state index contributed by atoms with van der Waals surface area (Å²) in [7, 11) is 0. The maximum Gasteiger partial charge on any atom is 0.303 e. The molecule has 0 heterocycles. The zero-order chi connectivity index (χ0) is 8.69. The van der Waals surface area contributed by atoms with Crippen molar-refractivity contribution in [2.75, 3.05) is 0 Å². The van der Waals surface area contributed by atoms with Gasteiger partial charge in [0.15, 0.2) is 0 Å². The molecule has 0 aromatic heterocycles. The molecule has 0 aromatic rings. The number of rotatable bonds is 6. The van der Waals surface area contributed by atoms with Gasteiger partial charge < -0.3 is 5.11 Å². The number of carbonyl (C=O) groups is 1. The summed E-state index contributed by atoms with van der Waals surface area (Å²) in [5.74, 6) is -0.913. The predicted molar refractivity (Wildman–Crippen MR) is 41.3 cm³/mol. The molecule has 0 saturated carbocycles. The molecule has 0 aliphatic rings. The number of halogens is 1. The van der Waals surface area contributed by atoms with Gasteiger partial charge in [-0.2, -0.15) is 0 Å². The first kappa shape index (κ1) is 10.4. The Labute approximate surface area is 66.4 Å². The average Bonchev–Trinajstić information content (AvgIpc) is 1.97. The van der Waals surface area contributed by atoms with Crippen molar-refractivity contribution < 1.29 is 14.3 Å². The van der Waals surface area contributed by atoms with Crippen LogP contribution in [0.1, 0.15) is 39.0 Å². The van der Waals surface area contributed by atoms with Crippen molar-refractivity contribution in [3.8, 4) is 0 Å². The molecule has 0 bridgehead atoms. The number of hydrogen-bond acceptors (Lipinski definition) is 1. The predicted octanol–water partition coefficient (Wildman–Crippen LogP) is 2.38. The number of aliphatic carboxylic acids is 1. The fourth-order valence-electron chi connectivity index (χ4n) is 0.850. The quantitative estimate of drug-likeness (QED) is 0.651. The van der Waals surface area contributed by atoms with Gasteiger partial charge in [-0.25, -0.2) is 4.39 Å². The number of alkyl halides is 1. The number of unbranched alkanes of at least 4 members (excludes halogenated alkanes) is 1. The van der Waals surface area contributed by atoms with Crippen molar-refractivity contribution in [2.24, 2.45) is 0 Å². The minimum atomic E-state index is -0.925. The second-order valence-corrected chi connectivity index (χ2v) is 2.67. The van der Waals surface area contributed by atoms with Crippen molar-refractivity contribution in [1.29, 1.82) is 0 Å². The average molecular weight is 162 g/mol. The van der Waals surface area contributed by atoms with E-state index in [-0.39, 0.29) is 12.8 Å². The smallest absolute Gasteiger partial charge is 0.303 e. The molecule has 0 amide bonds. The Balaban J connectivity index is 3.22. The maximum absolute atomic E-state index is 12.7. The molecule has 0 spiro atoms. The largest absolute Gasteiger partial charge is 0.481 e. The third-order valence-corrected chi connectivity index (χ3v) is 1.54. The van der Waals surface area contributed by atoms with Gasteiger partial charge in [0, 0.05) is 6.42 Å². The van der Waals surface area contributed by atoms with E-state index in [1.54, 1.807) is 0 Å². The Morgan fingerprint density at radius 1 is 1.55 bits per heavy atom. The lowest BCUT2D eigenvalue weighted by Gasteiger charge is -2.03. The zero-order valence-corrected chi connectivity index (χ0v) is 6.85. The van der Waals surface area contributed by atoms with Crippen molar-refractivity contribution >= 4 is 5.97 Å². The molecule has 1 atom stereocenters. The lowest BCUT2D eigenvalue weighted by Crippen LogP contribution is -2.04. The van der Waals surface area contributed by atoms with Gasteiger partial charge in [0.25, 0.3) is 0 Å². The van der Waals surface area contributed by atoms with Crippen LogP contribution in [0, 0.1) is 0 Å². The molecular weight excluding hydrogens is 147 g/mol. The van der Waals surface area contributed by atoms with E-state index in [1.165, 1.54) is 0 Å². The van der Waals surface area contributed by atoms with Crippen molar-refractivity contribution in [3.63, 3.8) is 0 Å². The van der Waals surface area contributed by atoms with E-state index in [4.69, 9.17) is 5.11 Å². The molecule has 0 aliphatic carbocycles. The maximum atomic E-state index is 12.7. The Morgan fingerprint density at radius 2 is 2.18 bits per heavy atom. The molecule has 3 heteroatoms. The fourth-order valence-corrected chi connectivity index (χ4v) is 0.850. The van der Waals surface area contributed by atoms with Crippen LogP contribution >= 0.6 is 0 Å². The molecule has 0 aromatic carbocycles. The number of hydrogen-bond donors (Lipinski definition) is 1. The highest BCUT2D eigenvalue weighted by atomic mass is 19.1. The SMILES string of the molecule is CCCCC(F)CCC(=O)O. The number of carboxylic acids is 1. The molecule has 0 rings (SSSR count). The highest BCUT2D eigenvalue weighted by Crippen LogP contribution is 2.10. The van der Waals surface area contributed by atoms with Gasteiger partial charge in [-0.1, -0.05) is 19.8 Å². The van der Waals surface area contributed by atoms with Crippen LogP contribution in [0.15, 0.2) is 0 Å². The summed E-state index contributed by atoms with van der Waals surface area (Å²) in [6.45, 7) is 1.99. The second kappa shape index (κ2) is 6.13. The summed E-state index contributed by atoms with van der Waals surface area (Å²) in [6.07, 6.45) is 1.50. The van der Waals surface area contributed by atoms with E-state index < -0.39 is 12.1 Å². The third kappa shape index (κ3) is 7.30. The Bertz CT molecular complexity index is 115. The molecule has 0 saturated heterocycles. The summed E-state index contributed by atoms with van der Waals surface area (Å²) in [5, 5.41) is 8.22. The van der Waals surface area contributed by atoms with Gasteiger partial charge in [0.1, 0.15) is 6.17 Å². The van der Waals surface area contributed by atoms with Gasteiger partial charge >= 0.3 is 5.97 Å². The van der Waals surface area contributed by atoms with Crippen LogP contribution in [0.3, 0.4) is 0 Å². The van der Waals surface area contributed by atoms with E-state index in [0.29, 0.717) is 6.42 Å². The van der Waals surface area contributed by atoms with E-state index >= 15 is 0 Å². The van der Waals surface area contributed by atoms with Crippen LogP contribution in [0.25, 0.3) is 0 Å². The first-order valence-corrected chi connectivity index (χ1v) is 4.02. The topological polar surface area (TPSA) is 37.3 Å². The molecule has 1 N–H and O–H groups in total. The summed E-state index contributed by atoms with van der Waals surface area (Å²) >= 11 is 0. The normalized spacial score (nSPS) is 12.9. The Hall–Kier alpha value is -0.600. The van der Waals surface area contributed by atoms with Crippen LogP contribution in [-0.2, 0) is 4.79 Å². The highest BCUT2D eigenvalue weighted by Gasteiger charge is 2.07. The number of carboxylic acid groups (broad SMARTS) is 1. The third-order valence-electron chi connectivity index (χ3n) is 1.54. The summed E-state index contributed by atoms with van der Waals surface area (Å²) < 4.78 is 12.7. The molecule has 66 valence electrons. The van der Waals surface area contributed by atoms with Crippen molar-refractivity contribution in [1.82, 2.24) is 0 Å². The van der Waals surface area contributed by atoms with Crippen molar-refractivity contribution in [2.45, 2.75) is 45.2 Å². The first-order valence-electron chi connectivity index (χ1n) is 4.02. The fraction of sp³-hybridized carbons (Fsp3) is 0.875. The van der Waals surface area contributed by atoms with Crippen LogP contribution in [0.2, 0.25) is 0 Å². The molecule has 1 unspecified atom stereocenters. The first-order chi connectivity index (χ1) is 5.16. The summed E-state index contributed by atoms with van der Waals surface area (Å²) in [4.78, 5) is 10.0. The van der Waals surface area contributed by atoms with Crippen LogP contribution < -0.4 is 0 Å². The Morgan fingerprint density at radius 3 is 2.64 bits per heavy atom. The van der Waals surface area contributed by atoms with E-state index in [1.807, 2.05) is 6.92 Å². The molecule has 11 heavy (non-hydrogen) atoms. The Kier molecular flexibility index (Phi) is 5.80. The van der Waals surface area contributed by atoms with Gasteiger partial charge in [-0.05, 0) is 12.8 Å². The lowest BCUT2D eigenvalue weighted by atomic mass is 10.1. The highest BCUT2D eigenvalue weighted by molar-refractivity contribution is 5.66. The molecular formula is C8H15FO2. The van der Waals surface area contributed by atoms with Gasteiger partial charge in [-0.15, -0.1) is 0 Å². The van der Waals surface area contributed by atoms with E-state index in [9.17, 15) is 9.18 Å². The lowest BCUT2D eigenvalue weighted by molar-refractivity contribution is -0.137. The van der Waals surface area contributed by atoms with E-state index in [0.717, 1.165) is 12.8 Å². The van der Waals surface area contributed by atoms with Crippen molar-refractivity contribution in [3.05, 3.63) is 0 Å². The van der Waals surface area contributed by atoms with Gasteiger partial charge in [0.2, 0.25) is 0 Å². The zero-order valence-electron chi connectivity index (χ0n) is 6.85. The van der Waals surface area contributed by atoms with Gasteiger partial charge in [-0.3, -0.25) is 4.79 Å². The van der Waals surface area contributed by atoms with Crippen LogP contribution in [-0.4, -0.2) is 17.2 Å². The molecule has 0 radical (unpaired) electrons. The minimum Gasteiger partial charge on any atom is -0.481 e. The summed E-state index contributed by atoms with van der Waals surface area (Å²) in [5.41, 5.74) is 0. The standard InChI is InChI=1S/C8H15FO2/c1-2-3-4-7(9)5-6-8(10)11/h7H,2-6H2,1H3,(H,10,11). The summed E-state index contributed by atoms with van der Waals surface area (Å²) in [6, 6.07) is 0. The monoisotopic (exact) mass is 162 g/mol. The molecule has 0 fully saturated rings. The van der Waals surface area contributed by atoms with Crippen LogP contribution in [0.5, 0.6) is 0 Å². The van der Waals surface area contributed by atoms with E-state index in [2.05, 4.69) is 0 Å². The van der Waals surface area contributed by atoms with Gasteiger partial charge in [0.05, 0.1) is 0 Å². The van der Waals surface area contributed by atoms with Crippen LogP contribution in [0.4, 0.5) is 4.39 Å². The molecule has 0 aliphatic heterocycles.